The molecule has 0 aliphatic heterocycles. The monoisotopic (exact) mass is 266 g/mol. The van der Waals surface area contributed by atoms with Crippen LogP contribution in [0.3, 0.4) is 0 Å². The first-order valence-corrected chi connectivity index (χ1v) is 6.65. The highest BCUT2D eigenvalue weighted by atomic mass is 19.1. The molecule has 2 aromatic carbocycles. The average Bonchev–Trinajstić information content (AvgIpc) is 2.70. The molecule has 0 unspecified atom stereocenters. The van der Waals surface area contributed by atoms with Gasteiger partial charge in [-0.15, -0.1) is 0 Å². The highest BCUT2D eigenvalue weighted by Gasteiger charge is 2.24. The SMILES string of the molecule is Cc1ccc2c(c1)C/C(=C\c1ccc(C)c(F)c1)C2=O. The molecule has 100 valence electrons. The van der Waals surface area contributed by atoms with E-state index in [2.05, 4.69) is 0 Å². The number of Topliss-reactive ketones (excluding diaryl/α,β-unsaturated/α-hetero) is 1. The number of aryl methyl sites for hydroxylation is 2. The Hall–Kier alpha value is -2.22. The fourth-order valence-electron chi connectivity index (χ4n) is 2.57. The van der Waals surface area contributed by atoms with Crippen LogP contribution in [0.15, 0.2) is 42.0 Å². The maximum atomic E-state index is 13.6. The zero-order valence-corrected chi connectivity index (χ0v) is 11.5. The van der Waals surface area contributed by atoms with Crippen molar-refractivity contribution >= 4 is 11.9 Å². The predicted octanol–water partition coefficient (Wildman–Crippen LogP) is 4.26. The van der Waals surface area contributed by atoms with Crippen LogP contribution in [-0.2, 0) is 6.42 Å². The molecule has 3 rings (SSSR count). The van der Waals surface area contributed by atoms with Crippen molar-refractivity contribution in [3.8, 4) is 0 Å². The zero-order valence-electron chi connectivity index (χ0n) is 11.5. The minimum Gasteiger partial charge on any atom is -0.289 e. The Morgan fingerprint density at radius 3 is 2.65 bits per heavy atom. The van der Waals surface area contributed by atoms with Gasteiger partial charge >= 0.3 is 0 Å². The average molecular weight is 266 g/mol. The highest BCUT2D eigenvalue weighted by molar-refractivity contribution is 6.15. The van der Waals surface area contributed by atoms with E-state index >= 15 is 0 Å². The second kappa shape index (κ2) is 4.71. The Labute approximate surface area is 117 Å². The molecule has 0 heterocycles. The lowest BCUT2D eigenvalue weighted by Gasteiger charge is -2.00. The lowest BCUT2D eigenvalue weighted by molar-refractivity contribution is 0.104. The molecule has 2 aromatic rings. The van der Waals surface area contributed by atoms with E-state index in [1.165, 1.54) is 6.07 Å². The fourth-order valence-corrected chi connectivity index (χ4v) is 2.57. The van der Waals surface area contributed by atoms with Crippen molar-refractivity contribution in [2.45, 2.75) is 20.3 Å². The number of hydrogen-bond acceptors (Lipinski definition) is 1. The molecule has 0 aromatic heterocycles. The smallest absolute Gasteiger partial charge is 0.189 e. The molecular weight excluding hydrogens is 251 g/mol. The van der Waals surface area contributed by atoms with Crippen LogP contribution < -0.4 is 0 Å². The third-order valence-electron chi connectivity index (χ3n) is 3.71. The van der Waals surface area contributed by atoms with E-state index in [-0.39, 0.29) is 11.6 Å². The molecule has 20 heavy (non-hydrogen) atoms. The number of benzene rings is 2. The summed E-state index contributed by atoms with van der Waals surface area (Å²) >= 11 is 0. The standard InChI is InChI=1S/C18H15FO/c1-11-3-6-16-14(7-11)10-15(18(16)20)8-13-5-4-12(2)17(19)9-13/h3-9H,10H2,1-2H3/b15-8+. The van der Waals surface area contributed by atoms with Crippen LogP contribution in [-0.4, -0.2) is 5.78 Å². The van der Waals surface area contributed by atoms with Crippen LogP contribution in [0, 0.1) is 19.7 Å². The zero-order chi connectivity index (χ0) is 14.3. The Balaban J connectivity index is 1.99. The van der Waals surface area contributed by atoms with Crippen molar-refractivity contribution < 1.29 is 9.18 Å². The summed E-state index contributed by atoms with van der Waals surface area (Å²) in [5, 5.41) is 0. The van der Waals surface area contributed by atoms with E-state index in [1.54, 1.807) is 19.1 Å². The largest absolute Gasteiger partial charge is 0.289 e. The van der Waals surface area contributed by atoms with Crippen molar-refractivity contribution in [1.29, 1.82) is 0 Å². The minimum atomic E-state index is -0.238. The molecule has 0 spiro atoms. The Morgan fingerprint density at radius 2 is 1.90 bits per heavy atom. The summed E-state index contributed by atoms with van der Waals surface area (Å²) in [6.07, 6.45) is 2.42. The number of halogens is 1. The molecule has 1 aliphatic carbocycles. The normalized spacial score (nSPS) is 15.8. The van der Waals surface area contributed by atoms with E-state index in [1.807, 2.05) is 31.2 Å². The van der Waals surface area contributed by atoms with Gasteiger partial charge in [0.2, 0.25) is 0 Å². The van der Waals surface area contributed by atoms with Crippen molar-refractivity contribution in [3.63, 3.8) is 0 Å². The number of carbonyl (C=O) groups excluding carboxylic acids is 1. The van der Waals surface area contributed by atoms with Gasteiger partial charge in [0.05, 0.1) is 0 Å². The first-order chi connectivity index (χ1) is 9.54. The summed E-state index contributed by atoms with van der Waals surface area (Å²) in [5.74, 6) is -0.181. The van der Waals surface area contributed by atoms with E-state index < -0.39 is 0 Å². The lowest BCUT2D eigenvalue weighted by atomic mass is 10.1. The van der Waals surface area contributed by atoms with Crippen LogP contribution in [0.5, 0.6) is 0 Å². The number of carbonyl (C=O) groups is 1. The van der Waals surface area contributed by atoms with Crippen molar-refractivity contribution in [3.05, 3.63) is 75.6 Å². The Morgan fingerprint density at radius 1 is 1.10 bits per heavy atom. The van der Waals surface area contributed by atoms with Gasteiger partial charge in [-0.25, -0.2) is 4.39 Å². The van der Waals surface area contributed by atoms with Crippen LogP contribution in [0.25, 0.3) is 6.08 Å². The third-order valence-corrected chi connectivity index (χ3v) is 3.71. The summed E-state index contributed by atoms with van der Waals surface area (Å²) in [6.45, 7) is 3.74. The molecule has 0 bridgehead atoms. The minimum absolute atomic E-state index is 0.0565. The van der Waals surface area contributed by atoms with Crippen LogP contribution in [0.4, 0.5) is 4.39 Å². The lowest BCUT2D eigenvalue weighted by Crippen LogP contribution is -1.95. The number of ketones is 1. The molecule has 0 radical (unpaired) electrons. The fraction of sp³-hybridized carbons (Fsp3) is 0.167. The van der Waals surface area contributed by atoms with Crippen molar-refractivity contribution in [1.82, 2.24) is 0 Å². The Kier molecular flexibility index (Phi) is 3.01. The molecule has 0 fully saturated rings. The van der Waals surface area contributed by atoms with Gasteiger partial charge in [-0.1, -0.05) is 35.9 Å². The molecule has 2 heteroatoms. The molecule has 0 saturated carbocycles. The third kappa shape index (κ3) is 2.18. The van der Waals surface area contributed by atoms with Gasteiger partial charge in [0.25, 0.3) is 0 Å². The molecule has 1 aliphatic rings. The number of rotatable bonds is 1. The van der Waals surface area contributed by atoms with Gasteiger partial charge in [0.1, 0.15) is 5.82 Å². The summed E-state index contributed by atoms with van der Waals surface area (Å²) in [5.41, 5.74) is 5.07. The van der Waals surface area contributed by atoms with E-state index in [9.17, 15) is 9.18 Å². The Bertz CT molecular complexity index is 741. The van der Waals surface area contributed by atoms with E-state index in [0.717, 1.165) is 27.8 Å². The van der Waals surface area contributed by atoms with Crippen LogP contribution in [0.1, 0.15) is 32.6 Å². The second-order valence-corrected chi connectivity index (χ2v) is 5.34. The number of allylic oxidation sites excluding steroid dienone is 1. The van der Waals surface area contributed by atoms with Crippen LogP contribution in [0.2, 0.25) is 0 Å². The van der Waals surface area contributed by atoms with Crippen LogP contribution >= 0.6 is 0 Å². The van der Waals surface area contributed by atoms with Gasteiger partial charge < -0.3 is 0 Å². The summed E-state index contributed by atoms with van der Waals surface area (Å²) in [6, 6.07) is 10.9. The quantitative estimate of drug-likeness (QED) is 0.705. The molecule has 0 amide bonds. The van der Waals surface area contributed by atoms with Gasteiger partial charge in [0, 0.05) is 17.6 Å². The predicted molar refractivity (Wildman–Crippen MR) is 78.3 cm³/mol. The van der Waals surface area contributed by atoms with Gasteiger partial charge in [-0.2, -0.15) is 0 Å². The van der Waals surface area contributed by atoms with Crippen molar-refractivity contribution in [2.24, 2.45) is 0 Å². The second-order valence-electron chi connectivity index (χ2n) is 5.34. The maximum absolute atomic E-state index is 13.6. The maximum Gasteiger partial charge on any atom is 0.189 e. The summed E-state index contributed by atoms with van der Waals surface area (Å²) in [4.78, 5) is 12.3. The van der Waals surface area contributed by atoms with E-state index in [0.29, 0.717) is 12.0 Å². The number of fused-ring (bicyclic) bond motifs is 1. The van der Waals surface area contributed by atoms with Gasteiger partial charge in [-0.3, -0.25) is 4.79 Å². The first kappa shape index (κ1) is 12.8. The first-order valence-electron chi connectivity index (χ1n) is 6.65. The topological polar surface area (TPSA) is 17.1 Å². The molecule has 0 N–H and O–H groups in total. The number of hydrogen-bond donors (Lipinski definition) is 0. The van der Waals surface area contributed by atoms with Gasteiger partial charge in [0.15, 0.2) is 5.78 Å². The summed E-state index contributed by atoms with van der Waals surface area (Å²) in [7, 11) is 0. The van der Waals surface area contributed by atoms with Gasteiger partial charge in [-0.05, 0) is 42.7 Å². The molecule has 0 saturated heterocycles. The molecular formula is C18H15FO. The van der Waals surface area contributed by atoms with E-state index in [4.69, 9.17) is 0 Å². The van der Waals surface area contributed by atoms with Crippen molar-refractivity contribution in [2.75, 3.05) is 0 Å². The summed E-state index contributed by atoms with van der Waals surface area (Å²) < 4.78 is 13.6. The highest BCUT2D eigenvalue weighted by Crippen LogP contribution is 2.28. The molecule has 0 atom stereocenters. The molecule has 1 nitrogen and oxygen atoms in total.